The Morgan fingerprint density at radius 3 is 2.62 bits per heavy atom. The van der Waals surface area contributed by atoms with Crippen LogP contribution in [0.15, 0.2) is 0 Å². The standard InChI is InChI=1S/C11H23N3O2/c1-3-11(2,4-5-12)13-10(15)14-6-8-16-9-7-14/h3-9,12H2,1-2H3,(H,13,15). The Bertz CT molecular complexity index is 229. The Morgan fingerprint density at radius 1 is 1.50 bits per heavy atom. The van der Waals surface area contributed by atoms with Gasteiger partial charge in [0.15, 0.2) is 0 Å². The fourth-order valence-electron chi connectivity index (χ4n) is 1.75. The van der Waals surface area contributed by atoms with E-state index in [4.69, 9.17) is 10.5 Å². The second-order valence-electron chi connectivity index (χ2n) is 4.48. The van der Waals surface area contributed by atoms with E-state index in [1.807, 2.05) is 6.92 Å². The van der Waals surface area contributed by atoms with Gasteiger partial charge in [-0.1, -0.05) is 6.92 Å². The van der Waals surface area contributed by atoms with Crippen molar-refractivity contribution in [2.45, 2.75) is 32.2 Å². The van der Waals surface area contributed by atoms with E-state index < -0.39 is 0 Å². The maximum Gasteiger partial charge on any atom is 0.317 e. The van der Waals surface area contributed by atoms with Crippen molar-refractivity contribution in [3.8, 4) is 0 Å². The van der Waals surface area contributed by atoms with Crippen LogP contribution in [0.5, 0.6) is 0 Å². The first kappa shape index (κ1) is 13.3. The van der Waals surface area contributed by atoms with Crippen LogP contribution in [0, 0.1) is 0 Å². The number of nitrogens with one attached hydrogen (secondary N) is 1. The molecule has 1 rings (SSSR count). The quantitative estimate of drug-likeness (QED) is 0.739. The van der Waals surface area contributed by atoms with Gasteiger partial charge in [0.25, 0.3) is 0 Å². The molecule has 0 bridgehead atoms. The number of morpholine rings is 1. The van der Waals surface area contributed by atoms with Crippen LogP contribution in [-0.4, -0.2) is 49.3 Å². The van der Waals surface area contributed by atoms with E-state index in [1.165, 1.54) is 0 Å². The van der Waals surface area contributed by atoms with Gasteiger partial charge in [0.05, 0.1) is 13.2 Å². The molecular formula is C11H23N3O2. The summed E-state index contributed by atoms with van der Waals surface area (Å²) in [5.74, 6) is 0. The Kier molecular flexibility index (Phi) is 5.02. The number of rotatable bonds is 4. The first-order valence-corrected chi connectivity index (χ1v) is 5.96. The predicted molar refractivity (Wildman–Crippen MR) is 63.3 cm³/mol. The molecule has 1 aliphatic rings. The van der Waals surface area contributed by atoms with Crippen molar-refractivity contribution in [2.24, 2.45) is 5.73 Å². The molecule has 1 aliphatic heterocycles. The first-order valence-electron chi connectivity index (χ1n) is 5.96. The van der Waals surface area contributed by atoms with Crippen molar-refractivity contribution in [1.29, 1.82) is 0 Å². The lowest BCUT2D eigenvalue weighted by Gasteiger charge is -2.34. The van der Waals surface area contributed by atoms with Gasteiger partial charge >= 0.3 is 6.03 Å². The fraction of sp³-hybridized carbons (Fsp3) is 0.909. The number of hydrogen-bond donors (Lipinski definition) is 2. The van der Waals surface area contributed by atoms with Gasteiger partial charge < -0.3 is 20.7 Å². The van der Waals surface area contributed by atoms with Crippen molar-refractivity contribution in [2.75, 3.05) is 32.8 Å². The van der Waals surface area contributed by atoms with E-state index in [9.17, 15) is 4.79 Å². The lowest BCUT2D eigenvalue weighted by Crippen LogP contribution is -2.54. The maximum atomic E-state index is 12.0. The average Bonchev–Trinajstić information content (AvgIpc) is 2.30. The molecule has 0 aromatic heterocycles. The number of nitrogens with zero attached hydrogens (tertiary/aromatic N) is 1. The van der Waals surface area contributed by atoms with E-state index in [0.717, 1.165) is 12.8 Å². The third-order valence-corrected chi connectivity index (χ3v) is 3.18. The molecule has 3 N–H and O–H groups in total. The van der Waals surface area contributed by atoms with Crippen LogP contribution in [0.1, 0.15) is 26.7 Å². The molecule has 0 aromatic rings. The van der Waals surface area contributed by atoms with Gasteiger partial charge in [-0.3, -0.25) is 0 Å². The highest BCUT2D eigenvalue weighted by Gasteiger charge is 2.26. The third-order valence-electron chi connectivity index (χ3n) is 3.18. The van der Waals surface area contributed by atoms with Gasteiger partial charge in [0.2, 0.25) is 0 Å². The second kappa shape index (κ2) is 6.06. The van der Waals surface area contributed by atoms with Gasteiger partial charge in [-0.25, -0.2) is 4.79 Å². The van der Waals surface area contributed by atoms with Crippen molar-refractivity contribution < 1.29 is 9.53 Å². The number of ether oxygens (including phenoxy) is 1. The summed E-state index contributed by atoms with van der Waals surface area (Å²) in [5.41, 5.74) is 5.37. The van der Waals surface area contributed by atoms with Crippen LogP contribution in [0.25, 0.3) is 0 Å². The molecule has 1 heterocycles. The number of carbonyl (C=O) groups excluding carboxylic acids is 1. The fourth-order valence-corrected chi connectivity index (χ4v) is 1.75. The molecule has 5 nitrogen and oxygen atoms in total. The van der Waals surface area contributed by atoms with Crippen LogP contribution in [-0.2, 0) is 4.74 Å². The van der Waals surface area contributed by atoms with E-state index in [2.05, 4.69) is 12.2 Å². The molecule has 0 spiro atoms. The summed E-state index contributed by atoms with van der Waals surface area (Å²) in [7, 11) is 0. The van der Waals surface area contributed by atoms with E-state index in [0.29, 0.717) is 32.8 Å². The summed E-state index contributed by atoms with van der Waals surface area (Å²) in [6.45, 7) is 7.31. The lowest BCUT2D eigenvalue weighted by molar-refractivity contribution is 0.0509. The molecular weight excluding hydrogens is 206 g/mol. The minimum atomic E-state index is -0.190. The van der Waals surface area contributed by atoms with Gasteiger partial charge in [0.1, 0.15) is 0 Å². The number of carbonyl (C=O) groups is 1. The molecule has 1 atom stereocenters. The zero-order chi connectivity index (χ0) is 12.0. The van der Waals surface area contributed by atoms with Crippen LogP contribution in [0.2, 0.25) is 0 Å². The maximum absolute atomic E-state index is 12.0. The molecule has 1 saturated heterocycles. The van der Waals surface area contributed by atoms with Gasteiger partial charge in [-0.05, 0) is 26.3 Å². The molecule has 0 aliphatic carbocycles. The number of urea groups is 1. The van der Waals surface area contributed by atoms with Crippen molar-refractivity contribution >= 4 is 6.03 Å². The van der Waals surface area contributed by atoms with E-state index in [1.54, 1.807) is 4.90 Å². The highest BCUT2D eigenvalue weighted by molar-refractivity contribution is 5.75. The van der Waals surface area contributed by atoms with Crippen molar-refractivity contribution in [3.05, 3.63) is 0 Å². The van der Waals surface area contributed by atoms with E-state index in [-0.39, 0.29) is 11.6 Å². The Morgan fingerprint density at radius 2 is 2.12 bits per heavy atom. The highest BCUT2D eigenvalue weighted by Crippen LogP contribution is 2.14. The predicted octanol–water partition coefficient (Wildman–Crippen LogP) is 0.546. The molecule has 0 saturated carbocycles. The molecule has 1 unspecified atom stereocenters. The summed E-state index contributed by atoms with van der Waals surface area (Å²) >= 11 is 0. The number of nitrogens with two attached hydrogens (primary N) is 1. The SMILES string of the molecule is CCC(C)(CCN)NC(=O)N1CCOCC1. The third kappa shape index (κ3) is 3.64. The largest absolute Gasteiger partial charge is 0.378 e. The summed E-state index contributed by atoms with van der Waals surface area (Å²) in [4.78, 5) is 13.8. The molecule has 94 valence electrons. The smallest absolute Gasteiger partial charge is 0.317 e. The number of amides is 2. The van der Waals surface area contributed by atoms with Crippen LogP contribution < -0.4 is 11.1 Å². The monoisotopic (exact) mass is 229 g/mol. The summed E-state index contributed by atoms with van der Waals surface area (Å²) in [6, 6.07) is 0.00102. The summed E-state index contributed by atoms with van der Waals surface area (Å²) in [5, 5.41) is 3.07. The molecule has 1 fully saturated rings. The minimum Gasteiger partial charge on any atom is -0.378 e. The summed E-state index contributed by atoms with van der Waals surface area (Å²) < 4.78 is 5.21. The van der Waals surface area contributed by atoms with Crippen LogP contribution in [0.4, 0.5) is 4.79 Å². The van der Waals surface area contributed by atoms with Crippen LogP contribution in [0.3, 0.4) is 0 Å². The lowest BCUT2D eigenvalue weighted by atomic mass is 9.95. The van der Waals surface area contributed by atoms with Crippen LogP contribution >= 0.6 is 0 Å². The highest BCUT2D eigenvalue weighted by atomic mass is 16.5. The van der Waals surface area contributed by atoms with Gasteiger partial charge in [-0.2, -0.15) is 0 Å². The number of hydrogen-bond acceptors (Lipinski definition) is 3. The zero-order valence-electron chi connectivity index (χ0n) is 10.3. The topological polar surface area (TPSA) is 67.6 Å². The van der Waals surface area contributed by atoms with Gasteiger partial charge in [-0.15, -0.1) is 0 Å². The Hall–Kier alpha value is -0.810. The minimum absolute atomic E-state index is 0.00102. The first-order chi connectivity index (χ1) is 7.61. The Labute approximate surface area is 97.3 Å². The zero-order valence-corrected chi connectivity index (χ0v) is 10.3. The average molecular weight is 229 g/mol. The molecule has 0 aromatic carbocycles. The Balaban J connectivity index is 2.47. The molecule has 0 radical (unpaired) electrons. The molecule has 2 amide bonds. The normalized spacial score (nSPS) is 20.3. The van der Waals surface area contributed by atoms with Crippen molar-refractivity contribution in [1.82, 2.24) is 10.2 Å². The molecule has 5 heteroatoms. The second-order valence-corrected chi connectivity index (χ2v) is 4.48. The summed E-state index contributed by atoms with van der Waals surface area (Å²) in [6.07, 6.45) is 1.69. The van der Waals surface area contributed by atoms with E-state index >= 15 is 0 Å². The molecule has 16 heavy (non-hydrogen) atoms. The van der Waals surface area contributed by atoms with Crippen molar-refractivity contribution in [3.63, 3.8) is 0 Å². The van der Waals surface area contributed by atoms with Gasteiger partial charge in [0, 0.05) is 18.6 Å².